The Morgan fingerprint density at radius 1 is 1.32 bits per heavy atom. The first-order valence-corrected chi connectivity index (χ1v) is 7.98. The molecule has 2 rings (SSSR count). The largest absolute Gasteiger partial charge is 0.375 e. The molecule has 5 nitrogen and oxygen atoms in total. The van der Waals surface area contributed by atoms with E-state index in [0.29, 0.717) is 25.3 Å². The predicted octanol–water partition coefficient (Wildman–Crippen LogP) is 0.951. The smallest absolute Gasteiger partial charge is 0.254 e. The fourth-order valence-electron chi connectivity index (χ4n) is 2.03. The van der Waals surface area contributed by atoms with Crippen molar-refractivity contribution in [3.05, 3.63) is 29.8 Å². The number of benzene rings is 1. The van der Waals surface area contributed by atoms with E-state index in [4.69, 9.17) is 4.74 Å². The Morgan fingerprint density at radius 3 is 2.47 bits per heavy atom. The zero-order valence-electron chi connectivity index (χ0n) is 11.0. The number of nitrogens with zero attached hydrogens (tertiary/aromatic N) is 1. The Bertz CT molecular complexity index is 565. The first-order chi connectivity index (χ1) is 8.88. The van der Waals surface area contributed by atoms with Crippen molar-refractivity contribution in [1.29, 1.82) is 0 Å². The van der Waals surface area contributed by atoms with Gasteiger partial charge in [0.25, 0.3) is 5.91 Å². The van der Waals surface area contributed by atoms with Crippen LogP contribution < -0.4 is 0 Å². The maximum atomic E-state index is 12.2. The summed E-state index contributed by atoms with van der Waals surface area (Å²) in [6, 6.07) is 6.04. The maximum Gasteiger partial charge on any atom is 0.254 e. The van der Waals surface area contributed by atoms with Crippen LogP contribution in [0.1, 0.15) is 17.3 Å². The lowest BCUT2D eigenvalue weighted by molar-refractivity contribution is -0.0124. The molecular formula is C13H17NO4S. The molecule has 1 amide bonds. The molecule has 1 heterocycles. The molecule has 0 spiro atoms. The van der Waals surface area contributed by atoms with Crippen LogP contribution in [0, 0.1) is 0 Å². The lowest BCUT2D eigenvalue weighted by Gasteiger charge is -2.31. The van der Waals surface area contributed by atoms with Crippen LogP contribution in [0.2, 0.25) is 0 Å². The van der Waals surface area contributed by atoms with E-state index in [1.165, 1.54) is 12.1 Å². The van der Waals surface area contributed by atoms with Crippen molar-refractivity contribution < 1.29 is 17.9 Å². The Kier molecular flexibility index (Phi) is 3.91. The normalized spacial score (nSPS) is 20.3. The van der Waals surface area contributed by atoms with Crippen molar-refractivity contribution in [1.82, 2.24) is 4.90 Å². The van der Waals surface area contributed by atoms with Crippen LogP contribution in [0.15, 0.2) is 29.2 Å². The monoisotopic (exact) mass is 283 g/mol. The van der Waals surface area contributed by atoms with Crippen LogP contribution in [-0.4, -0.2) is 51.3 Å². The van der Waals surface area contributed by atoms with Crippen LogP contribution >= 0.6 is 0 Å². The average Bonchev–Trinajstić information content (AvgIpc) is 2.37. The second kappa shape index (κ2) is 5.30. The van der Waals surface area contributed by atoms with Crippen LogP contribution in [0.5, 0.6) is 0 Å². The van der Waals surface area contributed by atoms with E-state index in [9.17, 15) is 13.2 Å². The second-order valence-electron chi connectivity index (χ2n) is 4.73. The molecule has 1 aromatic rings. The Hall–Kier alpha value is -1.40. The van der Waals surface area contributed by atoms with E-state index in [1.807, 2.05) is 6.92 Å². The summed E-state index contributed by atoms with van der Waals surface area (Å²) in [7, 11) is -3.22. The number of sulfone groups is 1. The van der Waals surface area contributed by atoms with Crippen molar-refractivity contribution in [2.75, 3.05) is 26.0 Å². The third-order valence-electron chi connectivity index (χ3n) is 3.06. The van der Waals surface area contributed by atoms with Crippen LogP contribution in [-0.2, 0) is 14.6 Å². The topological polar surface area (TPSA) is 63.7 Å². The first kappa shape index (κ1) is 14.0. The summed E-state index contributed by atoms with van der Waals surface area (Å²) in [6.07, 6.45) is 1.18. The summed E-state index contributed by atoms with van der Waals surface area (Å²) < 4.78 is 28.1. The van der Waals surface area contributed by atoms with Gasteiger partial charge in [-0.05, 0) is 31.2 Å². The van der Waals surface area contributed by atoms with E-state index in [0.717, 1.165) is 6.26 Å². The molecule has 0 bridgehead atoms. The van der Waals surface area contributed by atoms with Gasteiger partial charge in [0, 0.05) is 24.9 Å². The highest BCUT2D eigenvalue weighted by Gasteiger charge is 2.22. The molecule has 1 saturated heterocycles. The third kappa shape index (κ3) is 3.33. The molecule has 0 saturated carbocycles. The van der Waals surface area contributed by atoms with E-state index in [-0.39, 0.29) is 16.9 Å². The number of morpholine rings is 1. The van der Waals surface area contributed by atoms with Crippen molar-refractivity contribution in [2.24, 2.45) is 0 Å². The summed E-state index contributed by atoms with van der Waals surface area (Å²) in [6.45, 7) is 3.59. The van der Waals surface area contributed by atoms with Gasteiger partial charge in [0.1, 0.15) is 0 Å². The third-order valence-corrected chi connectivity index (χ3v) is 4.19. The number of amides is 1. The highest BCUT2D eigenvalue weighted by Crippen LogP contribution is 2.14. The predicted molar refractivity (Wildman–Crippen MR) is 70.9 cm³/mol. The fraction of sp³-hybridized carbons (Fsp3) is 0.462. The molecule has 0 aromatic heterocycles. The molecule has 6 heteroatoms. The lowest BCUT2D eigenvalue weighted by Crippen LogP contribution is -2.44. The summed E-state index contributed by atoms with van der Waals surface area (Å²) in [5.74, 6) is -0.0878. The molecule has 1 atom stereocenters. The number of ether oxygens (including phenoxy) is 1. The molecule has 0 radical (unpaired) electrons. The van der Waals surface area contributed by atoms with Crippen molar-refractivity contribution in [3.8, 4) is 0 Å². The molecule has 104 valence electrons. The Balaban J connectivity index is 2.16. The molecule has 1 aromatic carbocycles. The Morgan fingerprint density at radius 2 is 1.95 bits per heavy atom. The first-order valence-electron chi connectivity index (χ1n) is 6.09. The number of carbonyl (C=O) groups is 1. The van der Waals surface area contributed by atoms with E-state index in [1.54, 1.807) is 17.0 Å². The summed E-state index contributed by atoms with van der Waals surface area (Å²) in [4.78, 5) is 14.2. The van der Waals surface area contributed by atoms with Crippen LogP contribution in [0.25, 0.3) is 0 Å². The second-order valence-corrected chi connectivity index (χ2v) is 6.74. The maximum absolute atomic E-state index is 12.2. The minimum absolute atomic E-state index is 0.0352. The van der Waals surface area contributed by atoms with Gasteiger partial charge in [-0.1, -0.05) is 0 Å². The van der Waals surface area contributed by atoms with E-state index in [2.05, 4.69) is 0 Å². The van der Waals surface area contributed by atoms with Crippen LogP contribution in [0.4, 0.5) is 0 Å². The zero-order chi connectivity index (χ0) is 14.0. The number of carbonyl (C=O) groups excluding carboxylic acids is 1. The number of rotatable bonds is 2. The van der Waals surface area contributed by atoms with Crippen molar-refractivity contribution >= 4 is 15.7 Å². The SMILES string of the molecule is CC1CN(C(=O)c2ccc(S(C)(=O)=O)cc2)CCO1. The number of hydrogen-bond donors (Lipinski definition) is 0. The van der Waals surface area contributed by atoms with E-state index >= 15 is 0 Å². The highest BCUT2D eigenvalue weighted by molar-refractivity contribution is 7.90. The molecular weight excluding hydrogens is 266 g/mol. The van der Waals surface area contributed by atoms with Crippen molar-refractivity contribution in [2.45, 2.75) is 17.9 Å². The summed E-state index contributed by atoms with van der Waals surface area (Å²) >= 11 is 0. The van der Waals surface area contributed by atoms with Gasteiger partial charge in [0.05, 0.1) is 17.6 Å². The average molecular weight is 283 g/mol. The molecule has 19 heavy (non-hydrogen) atoms. The minimum Gasteiger partial charge on any atom is -0.375 e. The standard InChI is InChI=1S/C13H17NO4S/c1-10-9-14(7-8-18-10)13(15)11-3-5-12(6-4-11)19(2,16)17/h3-6,10H,7-9H2,1-2H3. The molecule has 0 aliphatic carbocycles. The molecule has 1 fully saturated rings. The lowest BCUT2D eigenvalue weighted by atomic mass is 10.2. The minimum atomic E-state index is -3.22. The number of hydrogen-bond acceptors (Lipinski definition) is 4. The Labute approximate surface area is 113 Å². The van der Waals surface area contributed by atoms with Gasteiger partial charge in [0.2, 0.25) is 0 Å². The molecule has 1 aliphatic rings. The molecule has 1 unspecified atom stereocenters. The van der Waals surface area contributed by atoms with Gasteiger partial charge < -0.3 is 9.64 Å². The van der Waals surface area contributed by atoms with Gasteiger partial charge in [-0.25, -0.2) is 8.42 Å². The molecule has 0 N–H and O–H groups in total. The fourth-order valence-corrected chi connectivity index (χ4v) is 2.66. The highest BCUT2D eigenvalue weighted by atomic mass is 32.2. The van der Waals surface area contributed by atoms with Crippen LogP contribution in [0.3, 0.4) is 0 Å². The molecule has 1 aliphatic heterocycles. The van der Waals surface area contributed by atoms with Gasteiger partial charge in [-0.2, -0.15) is 0 Å². The van der Waals surface area contributed by atoms with Gasteiger partial charge in [-0.15, -0.1) is 0 Å². The quantitative estimate of drug-likeness (QED) is 0.810. The summed E-state index contributed by atoms with van der Waals surface area (Å²) in [5.41, 5.74) is 0.501. The zero-order valence-corrected chi connectivity index (χ0v) is 11.8. The van der Waals surface area contributed by atoms with Gasteiger partial charge in [-0.3, -0.25) is 4.79 Å². The van der Waals surface area contributed by atoms with E-state index < -0.39 is 9.84 Å². The summed E-state index contributed by atoms with van der Waals surface area (Å²) in [5, 5.41) is 0. The van der Waals surface area contributed by atoms with Crippen molar-refractivity contribution in [3.63, 3.8) is 0 Å². The van der Waals surface area contributed by atoms with Gasteiger partial charge in [0.15, 0.2) is 9.84 Å². The van der Waals surface area contributed by atoms with Gasteiger partial charge >= 0.3 is 0 Å².